The highest BCUT2D eigenvalue weighted by Gasteiger charge is 2.25. The van der Waals surface area contributed by atoms with Crippen LogP contribution in [0.1, 0.15) is 12.5 Å². The van der Waals surface area contributed by atoms with Crippen LogP contribution in [0.3, 0.4) is 0 Å². The molecule has 0 aliphatic carbocycles. The summed E-state index contributed by atoms with van der Waals surface area (Å²) in [7, 11) is 1.58. The minimum atomic E-state index is -0.989. The van der Waals surface area contributed by atoms with Crippen molar-refractivity contribution in [3.8, 4) is 0 Å². The van der Waals surface area contributed by atoms with Gasteiger partial charge in [-0.15, -0.1) is 0 Å². The molecule has 84 valence electrons. The van der Waals surface area contributed by atoms with Gasteiger partial charge in [-0.05, 0) is 24.6 Å². The van der Waals surface area contributed by atoms with E-state index in [0.29, 0.717) is 0 Å². The van der Waals surface area contributed by atoms with Crippen molar-refractivity contribution in [2.24, 2.45) is 0 Å². The molecule has 0 spiro atoms. The van der Waals surface area contributed by atoms with E-state index < -0.39 is 5.60 Å². The third-order valence-electron chi connectivity index (χ3n) is 2.65. The lowest BCUT2D eigenvalue weighted by Gasteiger charge is -2.24. The van der Waals surface area contributed by atoms with Crippen LogP contribution in [0.2, 0.25) is 0 Å². The predicted molar refractivity (Wildman–Crippen MR) is 63.2 cm³/mol. The van der Waals surface area contributed by atoms with E-state index in [9.17, 15) is 5.11 Å². The van der Waals surface area contributed by atoms with Gasteiger partial charge < -0.3 is 9.84 Å². The zero-order chi connectivity index (χ0) is 11.6. The zero-order valence-electron chi connectivity index (χ0n) is 9.47. The predicted octanol–water partition coefficient (Wildman–Crippen LogP) is 2.09. The summed E-state index contributed by atoms with van der Waals surface area (Å²) < 4.78 is 5.04. The fraction of sp³-hybridized carbons (Fsp3) is 0.308. The molecular formula is C13H15NO2. The fourth-order valence-electron chi connectivity index (χ4n) is 1.92. The van der Waals surface area contributed by atoms with E-state index in [2.05, 4.69) is 4.98 Å². The monoisotopic (exact) mass is 217 g/mol. The first-order valence-corrected chi connectivity index (χ1v) is 5.21. The summed E-state index contributed by atoms with van der Waals surface area (Å²) in [6, 6.07) is 9.60. The minimum absolute atomic E-state index is 0.265. The summed E-state index contributed by atoms with van der Waals surface area (Å²) in [5.74, 6) is 0. The molecule has 3 nitrogen and oxygen atoms in total. The number of pyridine rings is 1. The molecule has 1 heterocycles. The smallest absolute Gasteiger partial charge is 0.111 e. The van der Waals surface area contributed by atoms with E-state index in [4.69, 9.17) is 4.74 Å². The number of aromatic nitrogens is 1. The summed E-state index contributed by atoms with van der Waals surface area (Å²) in [4.78, 5) is 4.26. The van der Waals surface area contributed by atoms with Crippen LogP contribution in [0, 0.1) is 0 Å². The molecule has 1 aromatic heterocycles. The largest absolute Gasteiger partial charge is 0.383 e. The topological polar surface area (TPSA) is 42.4 Å². The van der Waals surface area contributed by atoms with E-state index in [-0.39, 0.29) is 6.61 Å². The van der Waals surface area contributed by atoms with Crippen molar-refractivity contribution in [2.45, 2.75) is 12.5 Å². The third kappa shape index (κ3) is 1.92. The van der Waals surface area contributed by atoms with Crippen molar-refractivity contribution in [3.63, 3.8) is 0 Å². The van der Waals surface area contributed by atoms with E-state index in [1.54, 1.807) is 20.2 Å². The first-order chi connectivity index (χ1) is 7.65. The molecule has 16 heavy (non-hydrogen) atoms. The van der Waals surface area contributed by atoms with Crippen LogP contribution in [0.15, 0.2) is 36.5 Å². The maximum absolute atomic E-state index is 10.3. The standard InChI is InChI=1S/C13H15NO2/c1-13(15,9-16-2)11-7-8-14-12-6-4-3-5-10(11)12/h3-8,15H,9H2,1-2H3. The third-order valence-corrected chi connectivity index (χ3v) is 2.65. The van der Waals surface area contributed by atoms with Crippen molar-refractivity contribution in [2.75, 3.05) is 13.7 Å². The lowest BCUT2D eigenvalue weighted by atomic mass is 9.94. The fourth-order valence-corrected chi connectivity index (χ4v) is 1.92. The number of nitrogens with zero attached hydrogens (tertiary/aromatic N) is 1. The Labute approximate surface area is 94.7 Å². The summed E-state index contributed by atoms with van der Waals surface area (Å²) in [6.45, 7) is 2.01. The Morgan fingerprint density at radius 3 is 2.81 bits per heavy atom. The maximum Gasteiger partial charge on any atom is 0.111 e. The molecule has 2 aromatic rings. The number of rotatable bonds is 3. The van der Waals surface area contributed by atoms with Crippen molar-refractivity contribution in [1.82, 2.24) is 4.98 Å². The van der Waals surface area contributed by atoms with E-state index >= 15 is 0 Å². The molecule has 0 saturated carbocycles. The van der Waals surface area contributed by atoms with Crippen LogP contribution in [0.5, 0.6) is 0 Å². The van der Waals surface area contributed by atoms with Crippen LogP contribution in [-0.2, 0) is 10.3 Å². The second-order valence-electron chi connectivity index (χ2n) is 4.08. The molecule has 0 radical (unpaired) electrons. The highest BCUT2D eigenvalue weighted by atomic mass is 16.5. The Morgan fingerprint density at radius 2 is 2.06 bits per heavy atom. The van der Waals surface area contributed by atoms with Gasteiger partial charge >= 0.3 is 0 Å². The number of hydrogen-bond acceptors (Lipinski definition) is 3. The zero-order valence-corrected chi connectivity index (χ0v) is 9.47. The van der Waals surface area contributed by atoms with Crippen molar-refractivity contribution in [1.29, 1.82) is 0 Å². The molecule has 1 unspecified atom stereocenters. The van der Waals surface area contributed by atoms with Crippen molar-refractivity contribution < 1.29 is 9.84 Å². The van der Waals surface area contributed by atoms with Gasteiger partial charge in [-0.1, -0.05) is 18.2 Å². The lowest BCUT2D eigenvalue weighted by Crippen LogP contribution is -2.27. The van der Waals surface area contributed by atoms with Gasteiger partial charge in [-0.3, -0.25) is 4.98 Å². The van der Waals surface area contributed by atoms with Gasteiger partial charge in [0, 0.05) is 18.7 Å². The number of methoxy groups -OCH3 is 1. The Kier molecular flexibility index (Phi) is 2.90. The van der Waals surface area contributed by atoms with E-state index in [1.807, 2.05) is 30.3 Å². The highest BCUT2D eigenvalue weighted by Crippen LogP contribution is 2.27. The molecule has 0 aliphatic heterocycles. The summed E-state index contributed by atoms with van der Waals surface area (Å²) in [5, 5.41) is 11.3. The molecule has 0 saturated heterocycles. The van der Waals surface area contributed by atoms with Crippen LogP contribution < -0.4 is 0 Å². The van der Waals surface area contributed by atoms with Crippen LogP contribution in [-0.4, -0.2) is 23.8 Å². The van der Waals surface area contributed by atoms with Gasteiger partial charge in [-0.2, -0.15) is 0 Å². The molecule has 0 amide bonds. The molecular weight excluding hydrogens is 202 g/mol. The number of fused-ring (bicyclic) bond motifs is 1. The number of aliphatic hydroxyl groups is 1. The number of benzene rings is 1. The molecule has 2 rings (SSSR count). The lowest BCUT2D eigenvalue weighted by molar-refractivity contribution is -0.0197. The highest BCUT2D eigenvalue weighted by molar-refractivity contribution is 5.82. The minimum Gasteiger partial charge on any atom is -0.383 e. The Hall–Kier alpha value is -1.45. The number of hydrogen-bond donors (Lipinski definition) is 1. The molecule has 3 heteroatoms. The van der Waals surface area contributed by atoms with Gasteiger partial charge in [-0.25, -0.2) is 0 Å². The summed E-state index contributed by atoms with van der Waals surface area (Å²) >= 11 is 0. The van der Waals surface area contributed by atoms with Gasteiger partial charge in [0.25, 0.3) is 0 Å². The molecule has 1 N–H and O–H groups in total. The first-order valence-electron chi connectivity index (χ1n) is 5.21. The van der Waals surface area contributed by atoms with E-state index in [0.717, 1.165) is 16.5 Å². The van der Waals surface area contributed by atoms with Gasteiger partial charge in [0.05, 0.1) is 12.1 Å². The first kappa shape index (κ1) is 11.0. The van der Waals surface area contributed by atoms with Gasteiger partial charge in [0.1, 0.15) is 5.60 Å². The molecule has 0 bridgehead atoms. The summed E-state index contributed by atoms with van der Waals surface area (Å²) in [6.07, 6.45) is 1.71. The number of ether oxygens (including phenoxy) is 1. The van der Waals surface area contributed by atoms with Crippen LogP contribution in [0.4, 0.5) is 0 Å². The second kappa shape index (κ2) is 4.20. The molecule has 1 atom stereocenters. The molecule has 1 aromatic carbocycles. The summed E-state index contributed by atoms with van der Waals surface area (Å²) in [5.41, 5.74) is 0.744. The average Bonchev–Trinajstić information content (AvgIpc) is 2.28. The van der Waals surface area contributed by atoms with Crippen molar-refractivity contribution >= 4 is 10.9 Å². The molecule has 0 fully saturated rings. The van der Waals surface area contributed by atoms with Crippen LogP contribution >= 0.6 is 0 Å². The van der Waals surface area contributed by atoms with Gasteiger partial charge in [0.2, 0.25) is 0 Å². The Bertz CT molecular complexity index is 489. The normalized spacial score (nSPS) is 14.9. The van der Waals surface area contributed by atoms with Crippen molar-refractivity contribution in [3.05, 3.63) is 42.1 Å². The van der Waals surface area contributed by atoms with Crippen LogP contribution in [0.25, 0.3) is 10.9 Å². The Balaban J connectivity index is 2.60. The maximum atomic E-state index is 10.3. The Morgan fingerprint density at radius 1 is 1.31 bits per heavy atom. The SMILES string of the molecule is COCC(C)(O)c1ccnc2ccccc12. The average molecular weight is 217 g/mol. The molecule has 0 aliphatic rings. The second-order valence-corrected chi connectivity index (χ2v) is 4.08. The quantitative estimate of drug-likeness (QED) is 0.856. The van der Waals surface area contributed by atoms with E-state index in [1.165, 1.54) is 0 Å². The van der Waals surface area contributed by atoms with Gasteiger partial charge in [0.15, 0.2) is 0 Å². The number of para-hydroxylation sites is 1.